The quantitative estimate of drug-likeness (QED) is 0.840. The van der Waals surface area contributed by atoms with Crippen molar-refractivity contribution < 1.29 is 9.59 Å². The maximum atomic E-state index is 12.7. The lowest BCUT2D eigenvalue weighted by Crippen LogP contribution is -2.41. The number of amides is 1. The molecule has 108 valence electrons. The molecule has 1 aliphatic heterocycles. The molecule has 0 spiro atoms. The second kappa shape index (κ2) is 7.02. The SMILES string of the molecule is CC(=O)CC1CCCCCN1C(=O)c1ccccc1Br. The second-order valence-corrected chi connectivity index (χ2v) is 6.24. The Morgan fingerprint density at radius 1 is 1.25 bits per heavy atom. The summed E-state index contributed by atoms with van der Waals surface area (Å²) in [4.78, 5) is 26.1. The fourth-order valence-electron chi connectivity index (χ4n) is 2.78. The van der Waals surface area contributed by atoms with Gasteiger partial charge in [0.05, 0.1) is 5.56 Å². The van der Waals surface area contributed by atoms with Gasteiger partial charge in [-0.15, -0.1) is 0 Å². The predicted octanol–water partition coefficient (Wildman–Crippen LogP) is 3.81. The molecule has 0 saturated carbocycles. The van der Waals surface area contributed by atoms with E-state index in [4.69, 9.17) is 0 Å². The van der Waals surface area contributed by atoms with Crippen molar-refractivity contribution in [2.24, 2.45) is 0 Å². The predicted molar refractivity (Wildman–Crippen MR) is 82.7 cm³/mol. The molecule has 1 aromatic rings. The molecule has 0 N–H and O–H groups in total. The Morgan fingerprint density at radius 3 is 2.70 bits per heavy atom. The minimum Gasteiger partial charge on any atom is -0.335 e. The first-order chi connectivity index (χ1) is 9.59. The Morgan fingerprint density at radius 2 is 2.00 bits per heavy atom. The van der Waals surface area contributed by atoms with Gasteiger partial charge in [0.25, 0.3) is 5.91 Å². The van der Waals surface area contributed by atoms with Gasteiger partial charge < -0.3 is 4.90 Å². The summed E-state index contributed by atoms with van der Waals surface area (Å²) in [7, 11) is 0. The maximum absolute atomic E-state index is 12.7. The molecule has 4 heteroatoms. The van der Waals surface area contributed by atoms with Gasteiger partial charge in [-0.25, -0.2) is 0 Å². The van der Waals surface area contributed by atoms with Crippen molar-refractivity contribution in [2.45, 2.75) is 45.1 Å². The molecule has 1 aliphatic rings. The van der Waals surface area contributed by atoms with Crippen LogP contribution in [-0.2, 0) is 4.79 Å². The molecule has 1 aromatic carbocycles. The number of hydrogen-bond acceptors (Lipinski definition) is 2. The lowest BCUT2D eigenvalue weighted by molar-refractivity contribution is -0.118. The summed E-state index contributed by atoms with van der Waals surface area (Å²) in [5.74, 6) is 0.187. The first-order valence-electron chi connectivity index (χ1n) is 7.14. The van der Waals surface area contributed by atoms with Crippen LogP contribution in [0.25, 0.3) is 0 Å². The van der Waals surface area contributed by atoms with Crippen LogP contribution in [0.2, 0.25) is 0 Å². The van der Waals surface area contributed by atoms with Crippen molar-refractivity contribution in [2.75, 3.05) is 6.54 Å². The van der Waals surface area contributed by atoms with Gasteiger partial charge in [-0.1, -0.05) is 25.0 Å². The van der Waals surface area contributed by atoms with Crippen LogP contribution in [0.5, 0.6) is 0 Å². The zero-order valence-corrected chi connectivity index (χ0v) is 13.4. The molecule has 1 unspecified atom stereocenters. The van der Waals surface area contributed by atoms with Crippen LogP contribution in [0.1, 0.15) is 49.4 Å². The fourth-order valence-corrected chi connectivity index (χ4v) is 3.23. The van der Waals surface area contributed by atoms with E-state index in [1.54, 1.807) is 6.92 Å². The van der Waals surface area contributed by atoms with Gasteiger partial charge in [-0.2, -0.15) is 0 Å². The summed E-state index contributed by atoms with van der Waals surface area (Å²) in [5.41, 5.74) is 0.683. The van der Waals surface area contributed by atoms with E-state index < -0.39 is 0 Å². The molecule has 0 bridgehead atoms. The molecule has 0 radical (unpaired) electrons. The highest BCUT2D eigenvalue weighted by Crippen LogP contribution is 2.24. The molecule has 0 aliphatic carbocycles. The highest BCUT2D eigenvalue weighted by Gasteiger charge is 2.27. The van der Waals surface area contributed by atoms with Crippen molar-refractivity contribution in [1.82, 2.24) is 4.90 Å². The van der Waals surface area contributed by atoms with Gasteiger partial charge in [-0.05, 0) is 47.8 Å². The smallest absolute Gasteiger partial charge is 0.255 e. The Kier molecular flexibility index (Phi) is 5.35. The monoisotopic (exact) mass is 337 g/mol. The first kappa shape index (κ1) is 15.2. The Balaban J connectivity index is 2.24. The van der Waals surface area contributed by atoms with Crippen molar-refractivity contribution in [3.8, 4) is 0 Å². The lowest BCUT2D eigenvalue weighted by atomic mass is 10.0. The molecule has 1 amide bonds. The summed E-state index contributed by atoms with van der Waals surface area (Å²) in [6, 6.07) is 7.54. The van der Waals surface area contributed by atoms with E-state index in [1.807, 2.05) is 29.2 Å². The van der Waals surface area contributed by atoms with Crippen molar-refractivity contribution in [1.29, 1.82) is 0 Å². The third kappa shape index (κ3) is 3.69. The zero-order valence-electron chi connectivity index (χ0n) is 11.8. The van der Waals surface area contributed by atoms with Crippen molar-refractivity contribution >= 4 is 27.6 Å². The molecule has 1 saturated heterocycles. The number of Topliss-reactive ketones (excluding diaryl/α,β-unsaturated/α-hetero) is 1. The summed E-state index contributed by atoms with van der Waals surface area (Å²) < 4.78 is 0.816. The van der Waals surface area contributed by atoms with Crippen molar-refractivity contribution in [3.05, 3.63) is 34.3 Å². The van der Waals surface area contributed by atoms with Gasteiger partial charge in [0.15, 0.2) is 0 Å². The highest BCUT2D eigenvalue weighted by molar-refractivity contribution is 9.10. The van der Waals surface area contributed by atoms with Gasteiger partial charge in [0.1, 0.15) is 5.78 Å². The van der Waals surface area contributed by atoms with Crippen LogP contribution in [0.3, 0.4) is 0 Å². The van der Waals surface area contributed by atoms with Crippen LogP contribution < -0.4 is 0 Å². The molecule has 1 fully saturated rings. The van der Waals surface area contributed by atoms with Gasteiger partial charge >= 0.3 is 0 Å². The van der Waals surface area contributed by atoms with Crippen LogP contribution >= 0.6 is 15.9 Å². The van der Waals surface area contributed by atoms with E-state index in [2.05, 4.69) is 15.9 Å². The molecule has 2 rings (SSSR count). The largest absolute Gasteiger partial charge is 0.335 e. The van der Waals surface area contributed by atoms with E-state index in [0.717, 1.165) is 36.7 Å². The topological polar surface area (TPSA) is 37.4 Å². The molecule has 20 heavy (non-hydrogen) atoms. The average Bonchev–Trinajstić information content (AvgIpc) is 2.63. The highest BCUT2D eigenvalue weighted by atomic mass is 79.9. The van der Waals surface area contributed by atoms with Gasteiger partial charge in [0.2, 0.25) is 0 Å². The number of halogens is 1. The Bertz CT molecular complexity index is 501. The Hall–Kier alpha value is -1.16. The molecular formula is C16H20BrNO2. The van der Waals surface area contributed by atoms with E-state index >= 15 is 0 Å². The minimum absolute atomic E-state index is 0.0330. The third-order valence-corrected chi connectivity index (χ3v) is 4.46. The van der Waals surface area contributed by atoms with Gasteiger partial charge in [-0.3, -0.25) is 9.59 Å². The van der Waals surface area contributed by atoms with Crippen LogP contribution in [-0.4, -0.2) is 29.2 Å². The number of carbonyl (C=O) groups excluding carboxylic acids is 2. The normalized spacial score (nSPS) is 19.5. The maximum Gasteiger partial charge on any atom is 0.255 e. The van der Waals surface area contributed by atoms with Crippen LogP contribution in [0.15, 0.2) is 28.7 Å². The Labute approximate surface area is 128 Å². The fraction of sp³-hybridized carbons (Fsp3) is 0.500. The number of likely N-dealkylation sites (tertiary alicyclic amines) is 1. The summed E-state index contributed by atoms with van der Waals surface area (Å²) >= 11 is 3.44. The lowest BCUT2D eigenvalue weighted by Gasteiger charge is -2.30. The first-order valence-corrected chi connectivity index (χ1v) is 7.94. The summed E-state index contributed by atoms with van der Waals surface area (Å²) in [5, 5.41) is 0. The minimum atomic E-state index is 0.0330. The van der Waals surface area contributed by atoms with E-state index in [1.165, 1.54) is 0 Å². The number of nitrogens with zero attached hydrogens (tertiary/aromatic N) is 1. The van der Waals surface area contributed by atoms with Crippen LogP contribution in [0, 0.1) is 0 Å². The molecular weight excluding hydrogens is 318 g/mol. The van der Waals surface area contributed by atoms with E-state index in [9.17, 15) is 9.59 Å². The molecule has 0 aromatic heterocycles. The number of ketones is 1. The second-order valence-electron chi connectivity index (χ2n) is 5.39. The van der Waals surface area contributed by atoms with Crippen LogP contribution in [0.4, 0.5) is 0 Å². The van der Waals surface area contributed by atoms with Crippen molar-refractivity contribution in [3.63, 3.8) is 0 Å². The molecule has 1 heterocycles. The molecule has 3 nitrogen and oxygen atoms in total. The number of rotatable bonds is 3. The third-order valence-electron chi connectivity index (χ3n) is 3.77. The average molecular weight is 338 g/mol. The van der Waals surface area contributed by atoms with Gasteiger partial charge in [0, 0.05) is 23.5 Å². The standard InChI is InChI=1S/C16H20BrNO2/c1-12(19)11-13-7-3-2-6-10-18(13)16(20)14-8-4-5-9-15(14)17/h4-5,8-9,13H,2-3,6-7,10-11H2,1H3. The zero-order chi connectivity index (χ0) is 14.5. The molecule has 1 atom stereocenters. The summed E-state index contributed by atoms with van der Waals surface area (Å²) in [6.07, 6.45) is 4.64. The number of benzene rings is 1. The summed E-state index contributed by atoms with van der Waals surface area (Å²) in [6.45, 7) is 2.35. The number of carbonyl (C=O) groups is 2. The number of hydrogen-bond donors (Lipinski definition) is 0. The van der Waals surface area contributed by atoms with E-state index in [-0.39, 0.29) is 17.7 Å². The van der Waals surface area contributed by atoms with E-state index in [0.29, 0.717) is 12.0 Å².